The van der Waals surface area contributed by atoms with Gasteiger partial charge in [-0.15, -0.1) is 0 Å². The summed E-state index contributed by atoms with van der Waals surface area (Å²) >= 11 is 12.0. The molecule has 0 aliphatic carbocycles. The molecule has 96 valence electrons. The average molecular weight is 276 g/mol. The van der Waals surface area contributed by atoms with Crippen molar-refractivity contribution in [3.8, 4) is 0 Å². The van der Waals surface area contributed by atoms with Crippen molar-refractivity contribution in [3.63, 3.8) is 0 Å². The summed E-state index contributed by atoms with van der Waals surface area (Å²) in [6.07, 6.45) is 1.07. The first kappa shape index (κ1) is 14.8. The number of hydrogen-bond acceptors (Lipinski definition) is 2. The summed E-state index contributed by atoms with van der Waals surface area (Å²) in [6.45, 7) is 5.06. The molecule has 1 aromatic carbocycles. The highest BCUT2D eigenvalue weighted by Gasteiger charge is 2.21. The predicted octanol–water partition coefficient (Wildman–Crippen LogP) is 4.07. The molecule has 0 aliphatic heterocycles. The van der Waals surface area contributed by atoms with E-state index in [2.05, 4.69) is 19.2 Å². The van der Waals surface area contributed by atoms with Crippen LogP contribution in [0.1, 0.15) is 31.9 Å². The van der Waals surface area contributed by atoms with Gasteiger partial charge in [0.05, 0.1) is 22.2 Å². The molecule has 0 amide bonds. The van der Waals surface area contributed by atoms with E-state index < -0.39 is 0 Å². The van der Waals surface area contributed by atoms with Crippen LogP contribution in [0.3, 0.4) is 0 Å². The molecule has 0 bridgehead atoms. The van der Waals surface area contributed by atoms with Crippen LogP contribution in [0.15, 0.2) is 18.2 Å². The van der Waals surface area contributed by atoms with Gasteiger partial charge in [-0.25, -0.2) is 0 Å². The van der Waals surface area contributed by atoms with E-state index in [1.807, 2.05) is 18.2 Å². The van der Waals surface area contributed by atoms with Crippen LogP contribution in [0.25, 0.3) is 0 Å². The Morgan fingerprint density at radius 2 is 1.94 bits per heavy atom. The van der Waals surface area contributed by atoms with Crippen molar-refractivity contribution in [2.24, 2.45) is 0 Å². The minimum absolute atomic E-state index is 0.132. The molecule has 2 nitrogen and oxygen atoms in total. The largest absolute Gasteiger partial charge is 0.379 e. The fraction of sp³-hybridized carbons (Fsp3) is 0.538. The minimum Gasteiger partial charge on any atom is -0.379 e. The molecule has 0 aromatic heterocycles. The molecule has 0 heterocycles. The van der Waals surface area contributed by atoms with E-state index in [0.29, 0.717) is 10.0 Å². The maximum absolute atomic E-state index is 6.05. The van der Waals surface area contributed by atoms with Crippen LogP contribution >= 0.6 is 23.2 Å². The molecule has 0 saturated heterocycles. The van der Waals surface area contributed by atoms with Crippen LogP contribution in [0.2, 0.25) is 10.0 Å². The van der Waals surface area contributed by atoms with Crippen LogP contribution in [0, 0.1) is 0 Å². The average Bonchev–Trinajstić information content (AvgIpc) is 2.33. The summed E-state index contributed by atoms with van der Waals surface area (Å²) in [5.74, 6) is 0. The molecule has 1 aromatic rings. The van der Waals surface area contributed by atoms with E-state index in [4.69, 9.17) is 27.9 Å². The number of ether oxygens (including phenoxy) is 1. The first-order valence-electron chi connectivity index (χ1n) is 5.85. The van der Waals surface area contributed by atoms with E-state index in [1.54, 1.807) is 7.11 Å². The molecular weight excluding hydrogens is 257 g/mol. The van der Waals surface area contributed by atoms with Crippen molar-refractivity contribution in [1.29, 1.82) is 0 Å². The summed E-state index contributed by atoms with van der Waals surface area (Å²) < 4.78 is 5.50. The lowest BCUT2D eigenvalue weighted by Crippen LogP contribution is -2.32. The first-order chi connectivity index (χ1) is 8.13. The van der Waals surface area contributed by atoms with Crippen LogP contribution in [-0.4, -0.2) is 19.8 Å². The molecule has 4 heteroatoms. The zero-order chi connectivity index (χ0) is 12.8. The highest BCUT2D eigenvalue weighted by molar-refractivity contribution is 6.42. The second-order valence-corrected chi connectivity index (χ2v) is 4.71. The zero-order valence-corrected chi connectivity index (χ0v) is 12.0. The van der Waals surface area contributed by atoms with Crippen LogP contribution in [-0.2, 0) is 4.74 Å². The van der Waals surface area contributed by atoms with Crippen molar-refractivity contribution >= 4 is 23.2 Å². The van der Waals surface area contributed by atoms with Gasteiger partial charge in [-0.2, -0.15) is 0 Å². The van der Waals surface area contributed by atoms with Gasteiger partial charge in [0.15, 0.2) is 0 Å². The molecule has 0 aliphatic rings. The lowest BCUT2D eigenvalue weighted by atomic mass is 9.99. The fourth-order valence-electron chi connectivity index (χ4n) is 1.93. The normalized spacial score (nSPS) is 14.6. The Labute approximate surface area is 113 Å². The summed E-state index contributed by atoms with van der Waals surface area (Å²) in [6, 6.07) is 5.86. The third-order valence-corrected chi connectivity index (χ3v) is 3.54. The molecule has 0 saturated carbocycles. The van der Waals surface area contributed by atoms with Gasteiger partial charge in [0.1, 0.15) is 0 Å². The molecule has 1 N–H and O–H groups in total. The molecule has 0 radical (unpaired) electrons. The van der Waals surface area contributed by atoms with Gasteiger partial charge in [-0.05, 0) is 30.7 Å². The molecule has 2 atom stereocenters. The van der Waals surface area contributed by atoms with Gasteiger partial charge in [0, 0.05) is 7.11 Å². The fourth-order valence-corrected chi connectivity index (χ4v) is 2.23. The second kappa shape index (κ2) is 7.22. The van der Waals surface area contributed by atoms with Crippen LogP contribution in [0.5, 0.6) is 0 Å². The minimum atomic E-state index is 0.132. The Hall–Kier alpha value is -0.280. The highest BCUT2D eigenvalue weighted by Crippen LogP contribution is 2.28. The molecule has 1 rings (SSSR count). The van der Waals surface area contributed by atoms with E-state index >= 15 is 0 Å². The SMILES string of the molecule is CCNC(c1ccc(Cl)c(Cl)c1)C(CC)OC. The van der Waals surface area contributed by atoms with Gasteiger partial charge in [0.25, 0.3) is 0 Å². The number of methoxy groups -OCH3 is 1. The Balaban J connectivity index is 2.99. The topological polar surface area (TPSA) is 21.3 Å². The monoisotopic (exact) mass is 275 g/mol. The predicted molar refractivity (Wildman–Crippen MR) is 74.0 cm³/mol. The summed E-state index contributed by atoms with van der Waals surface area (Å²) in [7, 11) is 1.73. The molecule has 0 spiro atoms. The van der Waals surface area contributed by atoms with Gasteiger partial charge in [-0.3, -0.25) is 0 Å². The van der Waals surface area contributed by atoms with Gasteiger partial charge in [-0.1, -0.05) is 43.1 Å². The van der Waals surface area contributed by atoms with Crippen molar-refractivity contribution in [2.45, 2.75) is 32.4 Å². The molecule has 17 heavy (non-hydrogen) atoms. The Bertz CT molecular complexity index is 353. The third kappa shape index (κ3) is 3.85. The Morgan fingerprint density at radius 3 is 2.41 bits per heavy atom. The van der Waals surface area contributed by atoms with E-state index in [1.165, 1.54) is 0 Å². The third-order valence-electron chi connectivity index (χ3n) is 2.80. The van der Waals surface area contributed by atoms with Gasteiger partial charge in [0.2, 0.25) is 0 Å². The van der Waals surface area contributed by atoms with Gasteiger partial charge < -0.3 is 10.1 Å². The Morgan fingerprint density at radius 1 is 1.24 bits per heavy atom. The van der Waals surface area contributed by atoms with Crippen molar-refractivity contribution < 1.29 is 4.74 Å². The number of benzene rings is 1. The van der Waals surface area contributed by atoms with Crippen molar-refractivity contribution in [2.75, 3.05) is 13.7 Å². The smallest absolute Gasteiger partial charge is 0.0763 e. The van der Waals surface area contributed by atoms with E-state index in [0.717, 1.165) is 18.5 Å². The van der Waals surface area contributed by atoms with Crippen molar-refractivity contribution in [1.82, 2.24) is 5.32 Å². The lowest BCUT2D eigenvalue weighted by molar-refractivity contribution is 0.0656. The van der Waals surface area contributed by atoms with E-state index in [-0.39, 0.29) is 12.1 Å². The van der Waals surface area contributed by atoms with E-state index in [9.17, 15) is 0 Å². The molecular formula is C13H19Cl2NO. The number of nitrogens with one attached hydrogen (secondary N) is 1. The molecule has 0 fully saturated rings. The summed E-state index contributed by atoms with van der Waals surface area (Å²) in [5.41, 5.74) is 1.11. The standard InChI is InChI=1S/C13H19Cl2NO/c1-4-12(17-3)13(16-5-2)9-6-7-10(14)11(15)8-9/h6-8,12-13,16H,4-5H2,1-3H3. The highest BCUT2D eigenvalue weighted by atomic mass is 35.5. The lowest BCUT2D eigenvalue weighted by Gasteiger charge is -2.26. The van der Waals surface area contributed by atoms with Crippen molar-refractivity contribution in [3.05, 3.63) is 33.8 Å². The van der Waals surface area contributed by atoms with Crippen LogP contribution in [0.4, 0.5) is 0 Å². The number of halogens is 2. The first-order valence-corrected chi connectivity index (χ1v) is 6.60. The maximum atomic E-state index is 6.05. The zero-order valence-electron chi connectivity index (χ0n) is 10.5. The number of likely N-dealkylation sites (N-methyl/N-ethyl adjacent to an activating group) is 1. The van der Waals surface area contributed by atoms with Gasteiger partial charge >= 0.3 is 0 Å². The quantitative estimate of drug-likeness (QED) is 0.845. The number of rotatable bonds is 6. The molecule has 2 unspecified atom stereocenters. The second-order valence-electron chi connectivity index (χ2n) is 3.89. The summed E-state index contributed by atoms with van der Waals surface area (Å²) in [4.78, 5) is 0. The Kier molecular flexibility index (Phi) is 6.28. The maximum Gasteiger partial charge on any atom is 0.0763 e. The number of hydrogen-bond donors (Lipinski definition) is 1. The summed E-state index contributed by atoms with van der Waals surface area (Å²) in [5, 5.41) is 4.58. The van der Waals surface area contributed by atoms with Crippen LogP contribution < -0.4 is 5.32 Å².